The molecule has 0 fully saturated rings. The normalized spacial score (nSPS) is 14.2. The third-order valence-electron chi connectivity index (χ3n) is 3.68. The van der Waals surface area contributed by atoms with Crippen molar-refractivity contribution in [2.24, 2.45) is 5.92 Å². The molecule has 0 aliphatic heterocycles. The highest BCUT2D eigenvalue weighted by Gasteiger charge is 2.24. The summed E-state index contributed by atoms with van der Waals surface area (Å²) in [4.78, 5) is 0. The average Bonchev–Trinajstić information content (AvgIpc) is 2.46. The Bertz CT molecular complexity index is 423. The van der Waals surface area contributed by atoms with E-state index < -0.39 is 0 Å². The molecule has 1 rings (SSSR count). The van der Waals surface area contributed by atoms with Crippen LogP contribution in [0.3, 0.4) is 0 Å². The van der Waals surface area contributed by atoms with Crippen LogP contribution in [0.5, 0.6) is 5.75 Å². The molecule has 0 aliphatic rings. The molecule has 0 spiro atoms. The predicted molar refractivity (Wildman–Crippen MR) is 92.1 cm³/mol. The Hall–Kier alpha value is -0.580. The number of halogens is 1. The van der Waals surface area contributed by atoms with E-state index in [2.05, 4.69) is 48.1 Å². The van der Waals surface area contributed by atoms with Gasteiger partial charge in [0.25, 0.3) is 0 Å². The lowest BCUT2D eigenvalue weighted by Crippen LogP contribution is -2.45. The second-order valence-electron chi connectivity index (χ2n) is 5.67. The number of hydrogen-bond acceptors (Lipinski definition) is 3. The Balaban J connectivity index is 2.94. The van der Waals surface area contributed by atoms with Crippen LogP contribution in [0.15, 0.2) is 22.7 Å². The van der Waals surface area contributed by atoms with Gasteiger partial charge in [-0.05, 0) is 49.1 Å². The monoisotopic (exact) mass is 357 g/mol. The maximum atomic E-state index is 5.73. The van der Waals surface area contributed by atoms with E-state index in [0.717, 1.165) is 29.6 Å². The molecule has 1 aromatic rings. The lowest BCUT2D eigenvalue weighted by molar-refractivity contribution is 0.0332. The third-order valence-corrected chi connectivity index (χ3v) is 4.45. The van der Waals surface area contributed by atoms with Crippen LogP contribution in [0.4, 0.5) is 0 Å². The van der Waals surface area contributed by atoms with Crippen LogP contribution in [-0.2, 0) is 11.2 Å². The van der Waals surface area contributed by atoms with Gasteiger partial charge in [-0.2, -0.15) is 0 Å². The zero-order valence-corrected chi connectivity index (χ0v) is 15.4. The van der Waals surface area contributed by atoms with Crippen molar-refractivity contribution in [1.82, 2.24) is 5.32 Å². The van der Waals surface area contributed by atoms with Crippen LogP contribution in [0, 0.1) is 5.92 Å². The minimum atomic E-state index is 0.189. The van der Waals surface area contributed by atoms with E-state index >= 15 is 0 Å². The minimum Gasteiger partial charge on any atom is -0.497 e. The Labute approximate surface area is 137 Å². The minimum absolute atomic E-state index is 0.189. The molecular formula is C17H28BrNO2. The molecule has 21 heavy (non-hydrogen) atoms. The molecule has 4 heteroatoms. The highest BCUT2D eigenvalue weighted by atomic mass is 79.9. The van der Waals surface area contributed by atoms with Gasteiger partial charge in [0.2, 0.25) is 0 Å². The van der Waals surface area contributed by atoms with Crippen LogP contribution in [0.2, 0.25) is 0 Å². The largest absolute Gasteiger partial charge is 0.497 e. The predicted octanol–water partition coefficient (Wildman–Crippen LogP) is 4.04. The standard InChI is InChI=1S/C17H28BrNO2/c1-6-9-19-16(17(21-5)12(2)3)11-13-10-14(20-4)7-8-15(13)18/h7-8,10,12,16-17,19H,6,9,11H2,1-5H3. The van der Waals surface area contributed by atoms with Crippen molar-refractivity contribution in [3.05, 3.63) is 28.2 Å². The molecule has 0 aromatic heterocycles. The molecule has 3 nitrogen and oxygen atoms in total. The van der Waals surface area contributed by atoms with Crippen LogP contribution < -0.4 is 10.1 Å². The van der Waals surface area contributed by atoms with Crippen molar-refractivity contribution in [3.63, 3.8) is 0 Å². The van der Waals surface area contributed by atoms with Crippen LogP contribution >= 0.6 is 15.9 Å². The third kappa shape index (κ3) is 5.61. The molecule has 0 saturated carbocycles. The number of benzene rings is 1. The Morgan fingerprint density at radius 3 is 2.48 bits per heavy atom. The lowest BCUT2D eigenvalue weighted by atomic mass is 9.93. The summed E-state index contributed by atoms with van der Waals surface area (Å²) in [5.41, 5.74) is 1.24. The van der Waals surface area contributed by atoms with E-state index in [9.17, 15) is 0 Å². The molecule has 0 heterocycles. The second kappa shape index (κ2) is 9.44. The van der Waals surface area contributed by atoms with Crippen molar-refractivity contribution in [2.75, 3.05) is 20.8 Å². The summed E-state index contributed by atoms with van der Waals surface area (Å²) in [5, 5.41) is 3.63. The Morgan fingerprint density at radius 2 is 1.95 bits per heavy atom. The highest BCUT2D eigenvalue weighted by molar-refractivity contribution is 9.10. The van der Waals surface area contributed by atoms with Crippen LogP contribution in [0.25, 0.3) is 0 Å². The average molecular weight is 358 g/mol. The summed E-state index contributed by atoms with van der Waals surface area (Å²) in [5.74, 6) is 1.36. The molecule has 1 N–H and O–H groups in total. The van der Waals surface area contributed by atoms with Crippen LogP contribution in [-0.4, -0.2) is 32.9 Å². The maximum absolute atomic E-state index is 5.73. The van der Waals surface area contributed by atoms with Crippen molar-refractivity contribution in [1.29, 1.82) is 0 Å². The quantitative estimate of drug-likeness (QED) is 0.723. The molecule has 0 amide bonds. The Kier molecular flexibility index (Phi) is 8.30. The van der Waals surface area contributed by atoms with Gasteiger partial charge >= 0.3 is 0 Å². The molecule has 1 aromatic carbocycles. The summed E-state index contributed by atoms with van der Waals surface area (Å²) in [6, 6.07) is 6.40. The van der Waals surface area contributed by atoms with Gasteiger partial charge in [-0.25, -0.2) is 0 Å². The van der Waals surface area contributed by atoms with Crippen molar-refractivity contribution >= 4 is 15.9 Å². The smallest absolute Gasteiger partial charge is 0.119 e. The first-order chi connectivity index (χ1) is 10.0. The number of hydrogen-bond donors (Lipinski definition) is 1. The molecule has 0 saturated heterocycles. The first-order valence-corrected chi connectivity index (χ1v) is 8.41. The first-order valence-electron chi connectivity index (χ1n) is 7.62. The summed E-state index contributed by atoms with van der Waals surface area (Å²) < 4.78 is 12.2. The zero-order valence-electron chi connectivity index (χ0n) is 13.8. The van der Waals surface area contributed by atoms with Gasteiger partial charge in [0, 0.05) is 17.6 Å². The van der Waals surface area contributed by atoms with Crippen molar-refractivity contribution in [3.8, 4) is 5.75 Å². The van der Waals surface area contributed by atoms with E-state index in [0.29, 0.717) is 12.0 Å². The highest BCUT2D eigenvalue weighted by Crippen LogP contribution is 2.25. The molecule has 0 radical (unpaired) electrons. The molecule has 120 valence electrons. The molecule has 0 bridgehead atoms. The lowest BCUT2D eigenvalue weighted by Gasteiger charge is -2.30. The maximum Gasteiger partial charge on any atom is 0.119 e. The van der Waals surface area contributed by atoms with Gasteiger partial charge in [-0.15, -0.1) is 0 Å². The van der Waals surface area contributed by atoms with Gasteiger partial charge in [-0.1, -0.05) is 36.7 Å². The zero-order chi connectivity index (χ0) is 15.8. The van der Waals surface area contributed by atoms with Gasteiger partial charge in [0.05, 0.1) is 13.2 Å². The van der Waals surface area contributed by atoms with Crippen molar-refractivity contribution in [2.45, 2.75) is 45.8 Å². The van der Waals surface area contributed by atoms with E-state index in [4.69, 9.17) is 9.47 Å². The molecule has 2 unspecified atom stereocenters. The topological polar surface area (TPSA) is 30.5 Å². The fraction of sp³-hybridized carbons (Fsp3) is 0.647. The Morgan fingerprint density at radius 1 is 1.24 bits per heavy atom. The molecule has 2 atom stereocenters. The van der Waals surface area contributed by atoms with E-state index in [1.165, 1.54) is 5.56 Å². The fourth-order valence-corrected chi connectivity index (χ4v) is 3.02. The van der Waals surface area contributed by atoms with E-state index in [1.807, 2.05) is 12.1 Å². The van der Waals surface area contributed by atoms with Gasteiger partial charge in [0.1, 0.15) is 5.75 Å². The van der Waals surface area contributed by atoms with E-state index in [-0.39, 0.29) is 6.10 Å². The number of methoxy groups -OCH3 is 2. The summed E-state index contributed by atoms with van der Waals surface area (Å²) in [6.07, 6.45) is 2.22. The summed E-state index contributed by atoms with van der Waals surface area (Å²) in [6.45, 7) is 7.59. The van der Waals surface area contributed by atoms with Crippen LogP contribution in [0.1, 0.15) is 32.8 Å². The number of nitrogens with one attached hydrogen (secondary N) is 1. The second-order valence-corrected chi connectivity index (χ2v) is 6.52. The summed E-state index contributed by atoms with van der Waals surface area (Å²) >= 11 is 3.64. The molecule has 0 aliphatic carbocycles. The number of ether oxygens (including phenoxy) is 2. The van der Waals surface area contributed by atoms with Gasteiger partial charge < -0.3 is 14.8 Å². The van der Waals surface area contributed by atoms with Crippen molar-refractivity contribution < 1.29 is 9.47 Å². The fourth-order valence-electron chi connectivity index (χ4n) is 2.61. The SMILES string of the molecule is CCCNC(Cc1cc(OC)ccc1Br)C(OC)C(C)C. The first kappa shape index (κ1) is 18.5. The number of rotatable bonds is 9. The summed E-state index contributed by atoms with van der Waals surface area (Å²) in [7, 11) is 3.50. The van der Waals surface area contributed by atoms with Gasteiger partial charge in [-0.3, -0.25) is 0 Å². The van der Waals surface area contributed by atoms with E-state index in [1.54, 1.807) is 14.2 Å². The van der Waals surface area contributed by atoms with Gasteiger partial charge in [0.15, 0.2) is 0 Å². The molecular weight excluding hydrogens is 330 g/mol.